The lowest BCUT2D eigenvalue weighted by atomic mass is 10.3. The highest BCUT2D eigenvalue weighted by Gasteiger charge is 2.11. The molecular weight excluding hydrogens is 170 g/mol. The van der Waals surface area contributed by atoms with Gasteiger partial charge in [0.05, 0.1) is 4.88 Å². The van der Waals surface area contributed by atoms with Gasteiger partial charge in [-0.1, -0.05) is 0 Å². The van der Waals surface area contributed by atoms with Gasteiger partial charge in [-0.25, -0.2) is 0 Å². The maximum absolute atomic E-state index is 11.4. The van der Waals surface area contributed by atoms with Gasteiger partial charge in [-0.2, -0.15) is 0 Å². The van der Waals surface area contributed by atoms with Gasteiger partial charge in [0.1, 0.15) is 0 Å². The van der Waals surface area contributed by atoms with Gasteiger partial charge in [-0.15, -0.1) is 11.3 Å². The van der Waals surface area contributed by atoms with Crippen LogP contribution < -0.4 is 0 Å². The first kappa shape index (κ1) is 9.26. The Hall–Kier alpha value is -0.830. The quantitative estimate of drug-likeness (QED) is 0.652. The van der Waals surface area contributed by atoms with Crippen molar-refractivity contribution in [2.75, 3.05) is 14.1 Å². The molecule has 0 aliphatic carbocycles. The van der Waals surface area contributed by atoms with Gasteiger partial charge >= 0.3 is 0 Å². The average molecular weight is 183 g/mol. The molecule has 0 saturated carbocycles. The molecule has 0 aliphatic rings. The van der Waals surface area contributed by atoms with Crippen LogP contribution in [0.3, 0.4) is 0 Å². The van der Waals surface area contributed by atoms with E-state index in [1.807, 2.05) is 19.9 Å². The molecule has 1 aromatic rings. The van der Waals surface area contributed by atoms with E-state index in [-0.39, 0.29) is 5.91 Å². The van der Waals surface area contributed by atoms with E-state index in [1.54, 1.807) is 30.3 Å². The summed E-state index contributed by atoms with van der Waals surface area (Å²) >= 11 is 1.56. The van der Waals surface area contributed by atoms with Gasteiger partial charge in [0, 0.05) is 19.0 Å². The third-order valence-corrected chi connectivity index (χ3v) is 2.92. The molecule has 0 atom stereocenters. The number of amides is 1. The summed E-state index contributed by atoms with van der Waals surface area (Å²) in [4.78, 5) is 15.1. The molecule has 1 heterocycles. The van der Waals surface area contributed by atoms with Crippen LogP contribution in [0.15, 0.2) is 6.07 Å². The molecule has 3 heteroatoms. The maximum Gasteiger partial charge on any atom is 0.263 e. The van der Waals surface area contributed by atoms with Crippen molar-refractivity contribution in [3.63, 3.8) is 0 Å². The molecule has 12 heavy (non-hydrogen) atoms. The van der Waals surface area contributed by atoms with Crippen molar-refractivity contribution >= 4 is 17.2 Å². The highest BCUT2D eigenvalue weighted by Crippen LogP contribution is 2.21. The van der Waals surface area contributed by atoms with Gasteiger partial charge in [0.25, 0.3) is 5.91 Å². The Morgan fingerprint density at radius 2 is 2.00 bits per heavy atom. The van der Waals surface area contributed by atoms with Crippen molar-refractivity contribution in [3.05, 3.63) is 21.4 Å². The summed E-state index contributed by atoms with van der Waals surface area (Å²) < 4.78 is 0. The number of aryl methyl sites for hydroxylation is 2. The lowest BCUT2D eigenvalue weighted by Gasteiger charge is -2.06. The van der Waals surface area contributed by atoms with Gasteiger partial charge in [-0.05, 0) is 25.5 Å². The first-order valence-electron chi connectivity index (χ1n) is 3.81. The molecule has 0 fully saturated rings. The van der Waals surface area contributed by atoms with Crippen LogP contribution in [0.5, 0.6) is 0 Å². The highest BCUT2D eigenvalue weighted by atomic mass is 32.1. The Kier molecular flexibility index (Phi) is 2.52. The standard InChI is InChI=1S/C9H13NOS/c1-6-5-8(12-7(6)2)9(11)10(3)4/h5H,1-4H3. The second-order valence-electron chi connectivity index (χ2n) is 3.05. The zero-order valence-electron chi connectivity index (χ0n) is 7.84. The zero-order chi connectivity index (χ0) is 9.30. The molecule has 1 amide bonds. The van der Waals surface area contributed by atoms with Crippen LogP contribution in [0.1, 0.15) is 20.1 Å². The number of thiophene rings is 1. The first-order valence-corrected chi connectivity index (χ1v) is 4.62. The summed E-state index contributed by atoms with van der Waals surface area (Å²) in [5.41, 5.74) is 1.20. The number of rotatable bonds is 1. The van der Waals surface area contributed by atoms with Crippen molar-refractivity contribution < 1.29 is 4.79 Å². The fourth-order valence-corrected chi connectivity index (χ4v) is 1.95. The first-order chi connectivity index (χ1) is 5.52. The van der Waals surface area contributed by atoms with Crippen LogP contribution in [0.4, 0.5) is 0 Å². The third-order valence-electron chi connectivity index (χ3n) is 1.78. The van der Waals surface area contributed by atoms with Crippen LogP contribution in [-0.2, 0) is 0 Å². The third kappa shape index (κ3) is 1.67. The Labute approximate surface area is 76.8 Å². The fourth-order valence-electron chi connectivity index (χ4n) is 0.899. The largest absolute Gasteiger partial charge is 0.344 e. The van der Waals surface area contributed by atoms with Crippen molar-refractivity contribution in [2.24, 2.45) is 0 Å². The molecule has 0 unspecified atom stereocenters. The highest BCUT2D eigenvalue weighted by molar-refractivity contribution is 7.14. The van der Waals surface area contributed by atoms with E-state index in [4.69, 9.17) is 0 Å². The predicted molar refractivity (Wildman–Crippen MR) is 51.8 cm³/mol. The molecule has 66 valence electrons. The van der Waals surface area contributed by atoms with E-state index in [9.17, 15) is 4.79 Å². The Morgan fingerprint density at radius 3 is 2.33 bits per heavy atom. The summed E-state index contributed by atoms with van der Waals surface area (Å²) in [6, 6.07) is 1.95. The molecule has 0 aromatic carbocycles. The normalized spacial score (nSPS) is 10.0. The summed E-state index contributed by atoms with van der Waals surface area (Å²) in [6.07, 6.45) is 0. The Balaban J connectivity index is 2.97. The summed E-state index contributed by atoms with van der Waals surface area (Å²) in [7, 11) is 3.54. The van der Waals surface area contributed by atoms with Crippen molar-refractivity contribution in [1.82, 2.24) is 4.90 Å². The molecule has 2 nitrogen and oxygen atoms in total. The topological polar surface area (TPSA) is 20.3 Å². The van der Waals surface area contributed by atoms with Crippen LogP contribution in [0.25, 0.3) is 0 Å². The molecule has 0 aliphatic heterocycles. The van der Waals surface area contributed by atoms with E-state index in [1.165, 1.54) is 10.4 Å². The lowest BCUT2D eigenvalue weighted by Crippen LogP contribution is -2.20. The Bertz CT molecular complexity index is 282. The summed E-state index contributed by atoms with van der Waals surface area (Å²) in [5.74, 6) is 0.0937. The van der Waals surface area contributed by atoms with Crippen LogP contribution >= 0.6 is 11.3 Å². The molecule has 0 radical (unpaired) electrons. The second-order valence-corrected chi connectivity index (χ2v) is 4.31. The van der Waals surface area contributed by atoms with Crippen molar-refractivity contribution in [2.45, 2.75) is 13.8 Å². The molecule has 0 saturated heterocycles. The van der Waals surface area contributed by atoms with E-state index in [0.29, 0.717) is 0 Å². The fraction of sp³-hybridized carbons (Fsp3) is 0.444. The number of hydrogen-bond donors (Lipinski definition) is 0. The molecular formula is C9H13NOS. The van der Waals surface area contributed by atoms with E-state index >= 15 is 0 Å². The van der Waals surface area contributed by atoms with Gasteiger partial charge < -0.3 is 4.90 Å². The van der Waals surface area contributed by atoms with Gasteiger partial charge in [0.15, 0.2) is 0 Å². The second kappa shape index (κ2) is 3.27. The van der Waals surface area contributed by atoms with Crippen molar-refractivity contribution in [3.8, 4) is 0 Å². The SMILES string of the molecule is Cc1cc(C(=O)N(C)C)sc1C. The van der Waals surface area contributed by atoms with Crippen molar-refractivity contribution in [1.29, 1.82) is 0 Å². The number of nitrogens with zero attached hydrogens (tertiary/aromatic N) is 1. The monoisotopic (exact) mass is 183 g/mol. The van der Waals surface area contributed by atoms with Gasteiger partial charge in [-0.3, -0.25) is 4.79 Å². The van der Waals surface area contributed by atoms with E-state index in [0.717, 1.165) is 4.88 Å². The molecule has 1 aromatic heterocycles. The predicted octanol–water partition coefficient (Wildman–Crippen LogP) is 2.07. The minimum absolute atomic E-state index is 0.0937. The van der Waals surface area contributed by atoms with Crippen LogP contribution in [-0.4, -0.2) is 24.9 Å². The van der Waals surface area contributed by atoms with Crippen LogP contribution in [0.2, 0.25) is 0 Å². The maximum atomic E-state index is 11.4. The molecule has 0 N–H and O–H groups in total. The summed E-state index contributed by atoms with van der Waals surface area (Å²) in [6.45, 7) is 4.06. The Morgan fingerprint density at radius 1 is 1.42 bits per heavy atom. The van der Waals surface area contributed by atoms with Gasteiger partial charge in [0.2, 0.25) is 0 Å². The smallest absolute Gasteiger partial charge is 0.263 e. The average Bonchev–Trinajstić information content (AvgIpc) is 2.30. The molecule has 0 bridgehead atoms. The lowest BCUT2D eigenvalue weighted by molar-refractivity contribution is 0.0832. The molecule has 0 spiro atoms. The minimum Gasteiger partial charge on any atom is -0.344 e. The number of carbonyl (C=O) groups excluding carboxylic acids is 1. The number of carbonyl (C=O) groups is 1. The number of hydrogen-bond acceptors (Lipinski definition) is 2. The minimum atomic E-state index is 0.0937. The van der Waals surface area contributed by atoms with Crippen LogP contribution in [0, 0.1) is 13.8 Å². The van der Waals surface area contributed by atoms with E-state index in [2.05, 4.69) is 0 Å². The molecule has 1 rings (SSSR count). The summed E-state index contributed by atoms with van der Waals surface area (Å²) in [5, 5.41) is 0. The van der Waals surface area contributed by atoms with E-state index < -0.39 is 0 Å². The zero-order valence-corrected chi connectivity index (χ0v) is 8.66.